The first-order valence-electron chi connectivity index (χ1n) is 5.49. The summed E-state index contributed by atoms with van der Waals surface area (Å²) in [5, 5.41) is 2.84. The average molecular weight is 250 g/mol. The van der Waals surface area contributed by atoms with Gasteiger partial charge in [0.1, 0.15) is 5.52 Å². The second-order valence-electron chi connectivity index (χ2n) is 3.73. The number of hydrogen-bond donors (Lipinski definition) is 2. The Balaban J connectivity index is 1.88. The average Bonchev–Trinajstić information content (AvgIpc) is 2.76. The third-order valence-corrected chi connectivity index (χ3v) is 2.69. The molecular weight excluding hydrogens is 236 g/mol. The molecule has 1 heterocycles. The highest BCUT2D eigenvalue weighted by molar-refractivity contribution is 7.80. The Bertz CT molecular complexity index is 510. The van der Waals surface area contributed by atoms with Gasteiger partial charge in [0.15, 0.2) is 12.0 Å². The number of thiol groups is 1. The van der Waals surface area contributed by atoms with Gasteiger partial charge in [0, 0.05) is 13.0 Å². The minimum Gasteiger partial charge on any atom is -0.443 e. The van der Waals surface area contributed by atoms with Crippen LogP contribution in [0.15, 0.2) is 29.0 Å². The number of aromatic nitrogens is 1. The molecule has 5 heteroatoms. The first-order valence-corrected chi connectivity index (χ1v) is 6.12. The molecule has 0 bridgehead atoms. The summed E-state index contributed by atoms with van der Waals surface area (Å²) in [7, 11) is 0. The predicted octanol–water partition coefficient (Wildman–Crippen LogP) is 1.81. The van der Waals surface area contributed by atoms with Crippen molar-refractivity contribution in [2.24, 2.45) is 0 Å². The molecule has 0 aliphatic rings. The first-order chi connectivity index (χ1) is 8.29. The van der Waals surface area contributed by atoms with Crippen molar-refractivity contribution in [2.75, 3.05) is 12.3 Å². The minimum absolute atomic E-state index is 0.0424. The number of carbonyl (C=O) groups excluding carboxylic acids is 1. The van der Waals surface area contributed by atoms with Gasteiger partial charge in [-0.15, -0.1) is 0 Å². The lowest BCUT2D eigenvalue weighted by Crippen LogP contribution is -2.25. The number of amides is 1. The number of fused-ring (bicyclic) bond motifs is 1. The largest absolute Gasteiger partial charge is 0.443 e. The van der Waals surface area contributed by atoms with Crippen molar-refractivity contribution in [3.63, 3.8) is 0 Å². The van der Waals surface area contributed by atoms with E-state index in [-0.39, 0.29) is 5.91 Å². The fraction of sp³-hybridized carbons (Fsp3) is 0.333. The zero-order valence-corrected chi connectivity index (χ0v) is 10.2. The Morgan fingerprint density at radius 1 is 1.47 bits per heavy atom. The van der Waals surface area contributed by atoms with Crippen LogP contribution in [0.25, 0.3) is 11.1 Å². The van der Waals surface area contributed by atoms with Crippen molar-refractivity contribution in [3.8, 4) is 0 Å². The molecule has 17 heavy (non-hydrogen) atoms. The Labute approximate surface area is 105 Å². The molecule has 0 aliphatic heterocycles. The summed E-state index contributed by atoms with van der Waals surface area (Å²) in [5.41, 5.74) is 2.76. The van der Waals surface area contributed by atoms with Crippen LogP contribution in [-0.2, 0) is 11.2 Å². The van der Waals surface area contributed by atoms with Gasteiger partial charge in [0.25, 0.3) is 0 Å². The SMILES string of the molecule is O=C(CCS)NCCc1ccc2ncoc2c1. The van der Waals surface area contributed by atoms with E-state index in [0.717, 1.165) is 23.1 Å². The highest BCUT2D eigenvalue weighted by atomic mass is 32.1. The molecule has 2 aromatic rings. The van der Waals surface area contributed by atoms with Crippen LogP contribution in [0.4, 0.5) is 0 Å². The molecule has 1 N–H and O–H groups in total. The molecule has 0 atom stereocenters. The van der Waals surface area contributed by atoms with Gasteiger partial charge < -0.3 is 9.73 Å². The molecule has 1 amide bonds. The summed E-state index contributed by atoms with van der Waals surface area (Å²) in [6.07, 6.45) is 2.68. The number of benzene rings is 1. The van der Waals surface area contributed by atoms with Crippen LogP contribution in [0.3, 0.4) is 0 Å². The number of rotatable bonds is 5. The van der Waals surface area contributed by atoms with E-state index in [0.29, 0.717) is 18.7 Å². The Hall–Kier alpha value is -1.49. The van der Waals surface area contributed by atoms with Crippen LogP contribution >= 0.6 is 12.6 Å². The Kier molecular flexibility index (Phi) is 4.03. The second kappa shape index (κ2) is 5.72. The molecule has 0 spiro atoms. The van der Waals surface area contributed by atoms with Crippen LogP contribution in [0.2, 0.25) is 0 Å². The zero-order valence-electron chi connectivity index (χ0n) is 9.35. The van der Waals surface area contributed by atoms with E-state index >= 15 is 0 Å². The van der Waals surface area contributed by atoms with E-state index in [9.17, 15) is 4.79 Å². The van der Waals surface area contributed by atoms with E-state index in [4.69, 9.17) is 4.42 Å². The van der Waals surface area contributed by atoms with Gasteiger partial charge in [-0.05, 0) is 29.9 Å². The lowest BCUT2D eigenvalue weighted by atomic mass is 10.1. The molecular formula is C12H14N2O2S. The fourth-order valence-electron chi connectivity index (χ4n) is 1.59. The molecule has 2 rings (SSSR count). The predicted molar refractivity (Wildman–Crippen MR) is 69.2 cm³/mol. The third kappa shape index (κ3) is 3.23. The molecule has 4 nitrogen and oxygen atoms in total. The van der Waals surface area contributed by atoms with Gasteiger partial charge >= 0.3 is 0 Å². The van der Waals surface area contributed by atoms with Crippen molar-refractivity contribution < 1.29 is 9.21 Å². The van der Waals surface area contributed by atoms with Gasteiger partial charge in [-0.25, -0.2) is 4.98 Å². The summed E-state index contributed by atoms with van der Waals surface area (Å²) in [5.74, 6) is 0.622. The summed E-state index contributed by atoms with van der Waals surface area (Å²) in [6, 6.07) is 5.87. The smallest absolute Gasteiger partial charge is 0.220 e. The highest BCUT2D eigenvalue weighted by Gasteiger charge is 2.02. The third-order valence-electron chi connectivity index (χ3n) is 2.47. The van der Waals surface area contributed by atoms with Gasteiger partial charge in [0.05, 0.1) is 0 Å². The van der Waals surface area contributed by atoms with Crippen LogP contribution < -0.4 is 5.32 Å². The van der Waals surface area contributed by atoms with Gasteiger partial charge in [-0.2, -0.15) is 12.6 Å². The van der Waals surface area contributed by atoms with Gasteiger partial charge in [-0.3, -0.25) is 4.79 Å². The molecule has 0 saturated carbocycles. The van der Waals surface area contributed by atoms with Crippen molar-refractivity contribution in [3.05, 3.63) is 30.2 Å². The topological polar surface area (TPSA) is 55.1 Å². The fourth-order valence-corrected chi connectivity index (χ4v) is 1.79. The van der Waals surface area contributed by atoms with Crippen LogP contribution in [0.5, 0.6) is 0 Å². The monoisotopic (exact) mass is 250 g/mol. The number of nitrogens with one attached hydrogen (secondary N) is 1. The number of hydrogen-bond acceptors (Lipinski definition) is 4. The number of carbonyl (C=O) groups is 1. The summed E-state index contributed by atoms with van der Waals surface area (Å²) >= 11 is 4.00. The van der Waals surface area contributed by atoms with E-state index in [1.165, 1.54) is 6.39 Å². The van der Waals surface area contributed by atoms with Crippen molar-refractivity contribution in [2.45, 2.75) is 12.8 Å². The number of oxazole rings is 1. The van der Waals surface area contributed by atoms with Crippen molar-refractivity contribution in [1.29, 1.82) is 0 Å². The van der Waals surface area contributed by atoms with Gasteiger partial charge in [-0.1, -0.05) is 6.07 Å². The maximum atomic E-state index is 11.2. The first kappa shape index (κ1) is 12.0. The van der Waals surface area contributed by atoms with Crippen LogP contribution in [0, 0.1) is 0 Å². The molecule has 0 saturated heterocycles. The van der Waals surface area contributed by atoms with Crippen LogP contribution in [-0.4, -0.2) is 23.2 Å². The van der Waals surface area contributed by atoms with E-state index in [1.54, 1.807) is 0 Å². The number of nitrogens with zero attached hydrogens (tertiary/aromatic N) is 1. The maximum Gasteiger partial charge on any atom is 0.220 e. The van der Waals surface area contributed by atoms with Crippen molar-refractivity contribution in [1.82, 2.24) is 10.3 Å². The normalized spacial score (nSPS) is 10.6. The molecule has 90 valence electrons. The lowest BCUT2D eigenvalue weighted by Gasteiger charge is -2.04. The standard InChI is InChI=1S/C12H14N2O2S/c15-12(4-6-17)13-5-3-9-1-2-10-11(7-9)16-8-14-10/h1-2,7-8,17H,3-6H2,(H,13,15). The maximum absolute atomic E-state index is 11.2. The molecule has 0 radical (unpaired) electrons. The zero-order chi connectivity index (χ0) is 12.1. The molecule has 0 unspecified atom stereocenters. The van der Waals surface area contributed by atoms with E-state index < -0.39 is 0 Å². The van der Waals surface area contributed by atoms with Gasteiger partial charge in [0.2, 0.25) is 5.91 Å². The lowest BCUT2D eigenvalue weighted by molar-refractivity contribution is -0.120. The minimum atomic E-state index is 0.0424. The quantitative estimate of drug-likeness (QED) is 0.796. The second-order valence-corrected chi connectivity index (χ2v) is 4.18. The van der Waals surface area contributed by atoms with Crippen molar-refractivity contribution >= 4 is 29.6 Å². The molecule has 1 aromatic carbocycles. The Morgan fingerprint density at radius 3 is 3.18 bits per heavy atom. The van der Waals surface area contributed by atoms with Crippen LogP contribution in [0.1, 0.15) is 12.0 Å². The summed E-state index contributed by atoms with van der Waals surface area (Å²) in [6.45, 7) is 0.631. The van der Waals surface area contributed by atoms with E-state index in [1.807, 2.05) is 18.2 Å². The molecule has 1 aromatic heterocycles. The Morgan fingerprint density at radius 2 is 2.35 bits per heavy atom. The highest BCUT2D eigenvalue weighted by Crippen LogP contribution is 2.14. The molecule has 0 fully saturated rings. The summed E-state index contributed by atoms with van der Waals surface area (Å²) in [4.78, 5) is 15.3. The summed E-state index contributed by atoms with van der Waals surface area (Å²) < 4.78 is 5.22. The van der Waals surface area contributed by atoms with E-state index in [2.05, 4.69) is 22.9 Å². The molecule has 0 aliphatic carbocycles.